The Hall–Kier alpha value is -2.32. The highest BCUT2D eigenvalue weighted by Gasteiger charge is 2.30. The number of aliphatic carboxylic acids is 1. The molecule has 0 unspecified atom stereocenters. The molecule has 0 bridgehead atoms. The highest BCUT2D eigenvalue weighted by atomic mass is 16.5. The summed E-state index contributed by atoms with van der Waals surface area (Å²) in [5.74, 6) is 4.85. The lowest BCUT2D eigenvalue weighted by atomic mass is 9.99. The molecule has 5 heteroatoms. The maximum atomic E-state index is 12.3. The molecule has 23 heavy (non-hydrogen) atoms. The maximum absolute atomic E-state index is 12.3. The van der Waals surface area contributed by atoms with E-state index in [1.165, 1.54) is 0 Å². The molecule has 2 rings (SSSR count). The Balaban J connectivity index is 1.95. The van der Waals surface area contributed by atoms with Gasteiger partial charge in [-0.15, -0.1) is 0 Å². The molecule has 122 valence electrons. The molecule has 0 aromatic heterocycles. The number of carboxylic acids is 1. The van der Waals surface area contributed by atoms with Crippen LogP contribution in [-0.2, 0) is 9.53 Å². The Bertz CT molecular complexity index is 612. The summed E-state index contributed by atoms with van der Waals surface area (Å²) in [5, 5.41) is 11.9. The van der Waals surface area contributed by atoms with Crippen LogP contribution >= 0.6 is 0 Å². The molecule has 1 aliphatic rings. The second kappa shape index (κ2) is 8.35. The standard InChI is InChI=1S/C18H21NO4/c1-23-11-3-4-13-7-9-14(10-8-13)18(22)19-16-6-2-5-15(16)12-17(20)21/h7-10,15-16H,2,5-6,11-12H2,1H3,(H,19,22)(H,20,21)/t15-,16+/m1/s1. The molecule has 1 fully saturated rings. The van der Waals surface area contributed by atoms with Crippen molar-refractivity contribution in [2.75, 3.05) is 13.7 Å². The number of amides is 1. The number of carboxylic acid groups (broad SMARTS) is 1. The number of nitrogens with one attached hydrogen (secondary N) is 1. The number of methoxy groups -OCH3 is 1. The van der Waals surface area contributed by atoms with E-state index in [2.05, 4.69) is 17.2 Å². The Morgan fingerprint density at radius 3 is 2.70 bits per heavy atom. The minimum atomic E-state index is -0.810. The maximum Gasteiger partial charge on any atom is 0.303 e. The largest absolute Gasteiger partial charge is 0.481 e. The van der Waals surface area contributed by atoms with Crippen LogP contribution in [0.1, 0.15) is 41.6 Å². The smallest absolute Gasteiger partial charge is 0.303 e. The number of benzene rings is 1. The van der Waals surface area contributed by atoms with Crippen LogP contribution in [0.25, 0.3) is 0 Å². The zero-order valence-electron chi connectivity index (χ0n) is 13.2. The van der Waals surface area contributed by atoms with E-state index < -0.39 is 5.97 Å². The monoisotopic (exact) mass is 315 g/mol. The van der Waals surface area contributed by atoms with Crippen LogP contribution < -0.4 is 5.32 Å². The number of hydrogen-bond donors (Lipinski definition) is 2. The number of carbonyl (C=O) groups excluding carboxylic acids is 1. The minimum absolute atomic E-state index is 0.0237. The molecule has 0 radical (unpaired) electrons. The zero-order chi connectivity index (χ0) is 16.7. The first-order valence-electron chi connectivity index (χ1n) is 7.70. The van der Waals surface area contributed by atoms with Crippen molar-refractivity contribution in [1.29, 1.82) is 0 Å². The van der Waals surface area contributed by atoms with E-state index in [1.54, 1.807) is 31.4 Å². The molecular formula is C18H21NO4. The average Bonchev–Trinajstić information content (AvgIpc) is 2.94. The van der Waals surface area contributed by atoms with Crippen LogP contribution in [-0.4, -0.2) is 36.7 Å². The summed E-state index contributed by atoms with van der Waals surface area (Å²) in [5.41, 5.74) is 1.38. The van der Waals surface area contributed by atoms with Gasteiger partial charge in [0.1, 0.15) is 6.61 Å². The molecule has 1 aromatic carbocycles. The predicted molar refractivity (Wildman–Crippen MR) is 86.0 cm³/mol. The minimum Gasteiger partial charge on any atom is -0.481 e. The van der Waals surface area contributed by atoms with Crippen LogP contribution in [0.5, 0.6) is 0 Å². The highest BCUT2D eigenvalue weighted by molar-refractivity contribution is 5.94. The Morgan fingerprint density at radius 1 is 1.30 bits per heavy atom. The molecular weight excluding hydrogens is 294 g/mol. The van der Waals surface area contributed by atoms with Gasteiger partial charge in [0.25, 0.3) is 5.91 Å². The van der Waals surface area contributed by atoms with E-state index in [0.29, 0.717) is 12.2 Å². The van der Waals surface area contributed by atoms with E-state index in [-0.39, 0.29) is 24.3 Å². The van der Waals surface area contributed by atoms with Crippen molar-refractivity contribution in [3.05, 3.63) is 35.4 Å². The van der Waals surface area contributed by atoms with Gasteiger partial charge in [0.2, 0.25) is 0 Å². The van der Waals surface area contributed by atoms with Gasteiger partial charge in [-0.1, -0.05) is 18.3 Å². The second-order valence-corrected chi connectivity index (χ2v) is 5.68. The fourth-order valence-electron chi connectivity index (χ4n) is 2.86. The van der Waals surface area contributed by atoms with Gasteiger partial charge in [-0.05, 0) is 43.0 Å². The lowest BCUT2D eigenvalue weighted by molar-refractivity contribution is -0.138. The predicted octanol–water partition coefficient (Wildman–Crippen LogP) is 2.06. The SMILES string of the molecule is COCC#Cc1ccc(C(=O)N[C@H]2CCC[C@@H]2CC(=O)O)cc1. The van der Waals surface area contributed by atoms with E-state index in [4.69, 9.17) is 9.84 Å². The van der Waals surface area contributed by atoms with Gasteiger partial charge in [-0.3, -0.25) is 9.59 Å². The molecule has 1 amide bonds. The molecule has 0 aliphatic heterocycles. The topological polar surface area (TPSA) is 75.6 Å². The molecule has 0 heterocycles. The first-order valence-corrected chi connectivity index (χ1v) is 7.70. The third-order valence-corrected chi connectivity index (χ3v) is 4.01. The van der Waals surface area contributed by atoms with Crippen LogP contribution in [0.2, 0.25) is 0 Å². The fourth-order valence-corrected chi connectivity index (χ4v) is 2.86. The van der Waals surface area contributed by atoms with Gasteiger partial charge in [0, 0.05) is 24.3 Å². The Labute approximate surface area is 136 Å². The normalized spacial score (nSPS) is 19.7. The molecule has 2 N–H and O–H groups in total. The van der Waals surface area contributed by atoms with Crippen molar-refractivity contribution in [3.63, 3.8) is 0 Å². The van der Waals surface area contributed by atoms with Gasteiger partial charge in [0.15, 0.2) is 0 Å². The van der Waals surface area contributed by atoms with Crippen molar-refractivity contribution < 1.29 is 19.4 Å². The quantitative estimate of drug-likeness (QED) is 0.816. The Morgan fingerprint density at radius 2 is 2.04 bits per heavy atom. The third-order valence-electron chi connectivity index (χ3n) is 4.01. The first-order chi connectivity index (χ1) is 11.1. The van der Waals surface area contributed by atoms with Gasteiger partial charge >= 0.3 is 5.97 Å². The van der Waals surface area contributed by atoms with E-state index in [9.17, 15) is 9.59 Å². The number of carbonyl (C=O) groups is 2. The van der Waals surface area contributed by atoms with Crippen molar-refractivity contribution in [2.24, 2.45) is 5.92 Å². The van der Waals surface area contributed by atoms with Crippen LogP contribution in [0.15, 0.2) is 24.3 Å². The summed E-state index contributed by atoms with van der Waals surface area (Å²) >= 11 is 0. The summed E-state index contributed by atoms with van der Waals surface area (Å²) < 4.78 is 4.86. The van der Waals surface area contributed by atoms with Gasteiger partial charge < -0.3 is 15.2 Å². The number of rotatable bonds is 5. The van der Waals surface area contributed by atoms with Crippen molar-refractivity contribution in [3.8, 4) is 11.8 Å². The highest BCUT2D eigenvalue weighted by Crippen LogP contribution is 2.28. The fraction of sp³-hybridized carbons (Fsp3) is 0.444. The Kier molecular flexibility index (Phi) is 6.19. The van der Waals surface area contributed by atoms with Crippen LogP contribution in [0.3, 0.4) is 0 Å². The van der Waals surface area contributed by atoms with Crippen molar-refractivity contribution in [2.45, 2.75) is 31.7 Å². The van der Waals surface area contributed by atoms with Gasteiger partial charge in [-0.25, -0.2) is 0 Å². The average molecular weight is 315 g/mol. The van der Waals surface area contributed by atoms with Gasteiger partial charge in [-0.2, -0.15) is 0 Å². The number of ether oxygens (including phenoxy) is 1. The van der Waals surface area contributed by atoms with Crippen molar-refractivity contribution >= 4 is 11.9 Å². The van der Waals surface area contributed by atoms with Crippen LogP contribution in [0, 0.1) is 17.8 Å². The number of hydrogen-bond acceptors (Lipinski definition) is 3. The third kappa shape index (κ3) is 5.11. The molecule has 0 spiro atoms. The van der Waals surface area contributed by atoms with E-state index in [1.807, 2.05) is 0 Å². The molecule has 0 saturated heterocycles. The van der Waals surface area contributed by atoms with Crippen molar-refractivity contribution in [1.82, 2.24) is 5.32 Å². The van der Waals surface area contributed by atoms with Gasteiger partial charge in [0.05, 0.1) is 6.42 Å². The second-order valence-electron chi connectivity index (χ2n) is 5.68. The summed E-state index contributed by atoms with van der Waals surface area (Å²) in [6.07, 6.45) is 2.76. The summed E-state index contributed by atoms with van der Waals surface area (Å²) in [6.45, 7) is 0.370. The lowest BCUT2D eigenvalue weighted by Gasteiger charge is -2.19. The van der Waals surface area contributed by atoms with E-state index >= 15 is 0 Å². The summed E-state index contributed by atoms with van der Waals surface area (Å²) in [6, 6.07) is 6.99. The van der Waals surface area contributed by atoms with Crippen LogP contribution in [0.4, 0.5) is 0 Å². The molecule has 1 aliphatic carbocycles. The zero-order valence-corrected chi connectivity index (χ0v) is 13.2. The van der Waals surface area contributed by atoms with E-state index in [0.717, 1.165) is 24.8 Å². The molecule has 1 saturated carbocycles. The first kappa shape index (κ1) is 17.0. The summed E-state index contributed by atoms with van der Waals surface area (Å²) in [4.78, 5) is 23.2. The molecule has 5 nitrogen and oxygen atoms in total. The molecule has 2 atom stereocenters. The summed E-state index contributed by atoms with van der Waals surface area (Å²) in [7, 11) is 1.59. The lowest BCUT2D eigenvalue weighted by Crippen LogP contribution is -2.38. The molecule has 1 aromatic rings.